The number of carbonyl (C=O) groups is 1. The zero-order valence-corrected chi connectivity index (χ0v) is 11.5. The molecule has 0 aromatic heterocycles. The van der Waals surface area contributed by atoms with Crippen LogP contribution in [-0.4, -0.2) is 23.7 Å². The normalized spacial score (nSPS) is 10.8. The van der Waals surface area contributed by atoms with E-state index in [1.165, 1.54) is 7.11 Å². The number of benzene rings is 1. The zero-order valence-electron chi connectivity index (χ0n) is 11.5. The minimum Gasteiger partial charge on any atom is -0.490 e. The molecule has 0 aliphatic rings. The van der Waals surface area contributed by atoms with Gasteiger partial charge in [0, 0.05) is 12.1 Å². The molecule has 110 valence electrons. The van der Waals surface area contributed by atoms with Crippen LogP contribution in [0.2, 0.25) is 0 Å². The fraction of sp³-hybridized carbons (Fsp3) is 0.417. The van der Waals surface area contributed by atoms with Gasteiger partial charge >= 0.3 is 11.8 Å². The van der Waals surface area contributed by atoms with Crippen molar-refractivity contribution in [2.75, 3.05) is 12.4 Å². The van der Waals surface area contributed by atoms with E-state index in [1.807, 2.05) is 0 Å². The molecule has 0 bridgehead atoms. The first kappa shape index (κ1) is 15.7. The highest BCUT2D eigenvalue weighted by Crippen LogP contribution is 2.36. The molecule has 1 aromatic carbocycles. The lowest BCUT2D eigenvalue weighted by Gasteiger charge is -2.19. The highest BCUT2D eigenvalue weighted by molar-refractivity contribution is 5.89. The molecule has 0 heterocycles. The quantitative estimate of drug-likeness (QED) is 0.681. The molecule has 1 N–H and O–H groups in total. The molecule has 0 fully saturated rings. The van der Waals surface area contributed by atoms with Crippen LogP contribution in [0.1, 0.15) is 20.8 Å². The van der Waals surface area contributed by atoms with E-state index in [0.717, 1.165) is 12.1 Å². The molecule has 8 heteroatoms. The van der Waals surface area contributed by atoms with E-state index in [2.05, 4.69) is 5.32 Å². The first-order valence-electron chi connectivity index (χ1n) is 5.66. The summed E-state index contributed by atoms with van der Waals surface area (Å²) in [6.07, 6.45) is -0.923. The molecular formula is C12H15FN2O5. The van der Waals surface area contributed by atoms with E-state index < -0.39 is 28.1 Å². The van der Waals surface area contributed by atoms with Crippen LogP contribution >= 0.6 is 0 Å². The van der Waals surface area contributed by atoms with Gasteiger partial charge in [0.25, 0.3) is 0 Å². The van der Waals surface area contributed by atoms with Gasteiger partial charge in [0.15, 0.2) is 0 Å². The van der Waals surface area contributed by atoms with Crippen LogP contribution in [0.15, 0.2) is 12.1 Å². The number of rotatable bonds is 3. The minimum atomic E-state index is -0.923. The Bertz CT molecular complexity index is 539. The van der Waals surface area contributed by atoms with Crippen LogP contribution in [-0.2, 0) is 4.74 Å². The highest BCUT2D eigenvalue weighted by Gasteiger charge is 2.25. The van der Waals surface area contributed by atoms with Crippen molar-refractivity contribution in [2.24, 2.45) is 0 Å². The van der Waals surface area contributed by atoms with Gasteiger partial charge in [0.1, 0.15) is 17.1 Å². The van der Waals surface area contributed by atoms with Gasteiger partial charge in [0.2, 0.25) is 5.75 Å². The average Bonchev–Trinajstić information content (AvgIpc) is 2.24. The van der Waals surface area contributed by atoms with Crippen LogP contribution in [0.25, 0.3) is 0 Å². The second kappa shape index (κ2) is 5.72. The molecule has 0 radical (unpaired) electrons. The summed E-state index contributed by atoms with van der Waals surface area (Å²) in [6, 6.07) is 1.68. The van der Waals surface area contributed by atoms with Crippen molar-refractivity contribution < 1.29 is 23.6 Å². The molecule has 0 aliphatic heterocycles. The summed E-state index contributed by atoms with van der Waals surface area (Å²) < 4.78 is 23.0. The van der Waals surface area contributed by atoms with Gasteiger partial charge in [-0.2, -0.15) is 0 Å². The Hall–Kier alpha value is -2.38. The Morgan fingerprint density at radius 2 is 2.00 bits per heavy atom. The molecule has 20 heavy (non-hydrogen) atoms. The minimum absolute atomic E-state index is 0.291. The Labute approximate surface area is 114 Å². The van der Waals surface area contributed by atoms with Gasteiger partial charge in [-0.25, -0.2) is 9.18 Å². The summed E-state index contributed by atoms with van der Waals surface area (Å²) in [4.78, 5) is 21.8. The standard InChI is InChI=1S/C12H15FN2O5/c1-12(2,3)20-11(16)14-8-5-7(13)6-9(19-4)10(8)15(17)18/h5-6H,1-4H3,(H,14,16). The largest absolute Gasteiger partial charge is 0.490 e. The highest BCUT2D eigenvalue weighted by atomic mass is 19.1. The van der Waals surface area contributed by atoms with E-state index >= 15 is 0 Å². The van der Waals surface area contributed by atoms with Gasteiger partial charge < -0.3 is 9.47 Å². The molecule has 0 unspecified atom stereocenters. The van der Waals surface area contributed by atoms with Crippen LogP contribution < -0.4 is 10.1 Å². The Morgan fingerprint density at radius 1 is 1.40 bits per heavy atom. The predicted octanol–water partition coefficient (Wildman–Crippen LogP) is 3.09. The van der Waals surface area contributed by atoms with Crippen molar-refractivity contribution >= 4 is 17.5 Å². The molecule has 1 rings (SSSR count). The SMILES string of the molecule is COc1cc(F)cc(NC(=O)OC(C)(C)C)c1[N+](=O)[O-]. The molecule has 0 saturated heterocycles. The maximum absolute atomic E-state index is 13.4. The molecule has 0 spiro atoms. The van der Waals surface area contributed by atoms with Gasteiger partial charge in [-0.1, -0.05) is 0 Å². The number of nitro benzene ring substituents is 1. The summed E-state index contributed by atoms with van der Waals surface area (Å²) in [5.74, 6) is -1.07. The number of amides is 1. The molecule has 1 amide bonds. The fourth-order valence-electron chi connectivity index (χ4n) is 1.43. The first-order valence-corrected chi connectivity index (χ1v) is 5.66. The molecule has 1 aromatic rings. The molecule has 7 nitrogen and oxygen atoms in total. The van der Waals surface area contributed by atoms with Crippen molar-refractivity contribution in [1.29, 1.82) is 0 Å². The van der Waals surface area contributed by atoms with Crippen molar-refractivity contribution in [3.63, 3.8) is 0 Å². The number of hydrogen-bond donors (Lipinski definition) is 1. The van der Waals surface area contributed by atoms with E-state index in [-0.39, 0.29) is 11.4 Å². The van der Waals surface area contributed by atoms with Gasteiger partial charge in [-0.3, -0.25) is 15.4 Å². The lowest BCUT2D eigenvalue weighted by molar-refractivity contribution is -0.384. The number of hydrogen-bond acceptors (Lipinski definition) is 5. The third kappa shape index (κ3) is 4.08. The number of nitro groups is 1. The molecule has 0 saturated carbocycles. The van der Waals surface area contributed by atoms with Crippen LogP contribution in [0, 0.1) is 15.9 Å². The molecule has 0 aliphatic carbocycles. The number of nitrogens with zero attached hydrogens (tertiary/aromatic N) is 1. The van der Waals surface area contributed by atoms with E-state index in [1.54, 1.807) is 20.8 Å². The second-order valence-corrected chi connectivity index (χ2v) is 4.89. The van der Waals surface area contributed by atoms with Gasteiger partial charge in [0.05, 0.1) is 12.0 Å². The monoisotopic (exact) mass is 286 g/mol. The van der Waals surface area contributed by atoms with Crippen LogP contribution in [0.5, 0.6) is 5.75 Å². The number of methoxy groups -OCH3 is 1. The number of anilines is 1. The fourth-order valence-corrected chi connectivity index (χ4v) is 1.43. The number of halogens is 1. The summed E-state index contributed by atoms with van der Waals surface area (Å²) in [5.41, 5.74) is -1.66. The second-order valence-electron chi connectivity index (χ2n) is 4.89. The molecular weight excluding hydrogens is 271 g/mol. The Balaban J connectivity index is 3.14. The van der Waals surface area contributed by atoms with E-state index in [0.29, 0.717) is 0 Å². The third-order valence-corrected chi connectivity index (χ3v) is 2.08. The number of carbonyl (C=O) groups excluding carboxylic acids is 1. The number of ether oxygens (including phenoxy) is 2. The number of nitrogens with one attached hydrogen (secondary N) is 1. The summed E-state index contributed by atoms with van der Waals surface area (Å²) >= 11 is 0. The third-order valence-electron chi connectivity index (χ3n) is 2.08. The molecule has 0 atom stereocenters. The lowest BCUT2D eigenvalue weighted by atomic mass is 10.2. The lowest BCUT2D eigenvalue weighted by Crippen LogP contribution is -2.27. The Morgan fingerprint density at radius 3 is 2.45 bits per heavy atom. The van der Waals surface area contributed by atoms with Crippen molar-refractivity contribution in [3.05, 3.63) is 28.1 Å². The van der Waals surface area contributed by atoms with E-state index in [9.17, 15) is 19.3 Å². The topological polar surface area (TPSA) is 90.7 Å². The summed E-state index contributed by atoms with van der Waals surface area (Å²) in [7, 11) is 1.17. The van der Waals surface area contributed by atoms with Crippen LogP contribution in [0.4, 0.5) is 20.6 Å². The zero-order chi connectivity index (χ0) is 15.5. The Kier molecular flexibility index (Phi) is 4.49. The average molecular weight is 286 g/mol. The van der Waals surface area contributed by atoms with Gasteiger partial charge in [-0.15, -0.1) is 0 Å². The van der Waals surface area contributed by atoms with Crippen molar-refractivity contribution in [2.45, 2.75) is 26.4 Å². The van der Waals surface area contributed by atoms with Crippen LogP contribution in [0.3, 0.4) is 0 Å². The first-order chi connectivity index (χ1) is 9.14. The predicted molar refractivity (Wildman–Crippen MR) is 69.5 cm³/mol. The summed E-state index contributed by atoms with van der Waals surface area (Å²) in [5, 5.41) is 13.1. The van der Waals surface area contributed by atoms with Crippen molar-refractivity contribution in [3.8, 4) is 5.75 Å². The van der Waals surface area contributed by atoms with Crippen molar-refractivity contribution in [1.82, 2.24) is 0 Å². The van der Waals surface area contributed by atoms with E-state index in [4.69, 9.17) is 9.47 Å². The summed E-state index contributed by atoms with van der Waals surface area (Å²) in [6.45, 7) is 4.90. The maximum Gasteiger partial charge on any atom is 0.412 e. The maximum atomic E-state index is 13.4. The van der Waals surface area contributed by atoms with Gasteiger partial charge in [-0.05, 0) is 20.8 Å². The smallest absolute Gasteiger partial charge is 0.412 e.